The van der Waals surface area contributed by atoms with Crippen LogP contribution in [0, 0.1) is 5.92 Å². The van der Waals surface area contributed by atoms with Crippen LogP contribution in [0.5, 0.6) is 0 Å². The summed E-state index contributed by atoms with van der Waals surface area (Å²) in [7, 11) is 2.05. The lowest BCUT2D eigenvalue weighted by molar-refractivity contribution is 0.423. The molecule has 1 aromatic carbocycles. The first-order valence-electron chi connectivity index (χ1n) is 5.82. The van der Waals surface area contributed by atoms with Gasteiger partial charge in [-0.25, -0.2) is 0 Å². The highest BCUT2D eigenvalue weighted by molar-refractivity contribution is 6.42. The van der Waals surface area contributed by atoms with Gasteiger partial charge in [-0.15, -0.1) is 0 Å². The predicted molar refractivity (Wildman–Crippen MR) is 70.4 cm³/mol. The minimum Gasteiger partial charge on any atom is -0.317 e. The van der Waals surface area contributed by atoms with E-state index in [2.05, 4.69) is 18.4 Å². The predicted octanol–water partition coefficient (Wildman–Crippen LogP) is 3.92. The van der Waals surface area contributed by atoms with Crippen molar-refractivity contribution in [2.45, 2.75) is 31.7 Å². The van der Waals surface area contributed by atoms with Crippen molar-refractivity contribution in [2.24, 2.45) is 5.92 Å². The first kappa shape index (κ1) is 12.2. The van der Waals surface area contributed by atoms with Gasteiger partial charge in [0.15, 0.2) is 0 Å². The first-order chi connectivity index (χ1) is 7.70. The number of nitrogens with one attached hydrogen (secondary N) is 1. The summed E-state index contributed by atoms with van der Waals surface area (Å²) in [4.78, 5) is 0. The molecule has 1 aliphatic carbocycles. The molecule has 1 aromatic rings. The molecule has 0 bridgehead atoms. The standard InChI is InChI=1S/C13H17Cl2N/c1-16-13-4-2-3-10(13)7-9-5-6-11(14)12(15)8-9/h5-6,8,10,13,16H,2-4,7H2,1H3. The highest BCUT2D eigenvalue weighted by Crippen LogP contribution is 2.30. The number of hydrogen-bond acceptors (Lipinski definition) is 1. The molecule has 0 radical (unpaired) electrons. The van der Waals surface area contributed by atoms with Crippen molar-refractivity contribution in [1.82, 2.24) is 5.32 Å². The minimum atomic E-state index is 0.641. The molecule has 0 aromatic heterocycles. The van der Waals surface area contributed by atoms with Crippen LogP contribution >= 0.6 is 23.2 Å². The Labute approximate surface area is 107 Å². The van der Waals surface area contributed by atoms with E-state index in [0.717, 1.165) is 12.3 Å². The van der Waals surface area contributed by atoms with Gasteiger partial charge in [0.2, 0.25) is 0 Å². The summed E-state index contributed by atoms with van der Waals surface area (Å²) in [5, 5.41) is 4.71. The SMILES string of the molecule is CNC1CCCC1Cc1ccc(Cl)c(Cl)c1. The van der Waals surface area contributed by atoms with Crippen molar-refractivity contribution in [3.05, 3.63) is 33.8 Å². The molecule has 0 amide bonds. The van der Waals surface area contributed by atoms with Crippen molar-refractivity contribution < 1.29 is 0 Å². The Kier molecular flexibility index (Phi) is 4.12. The van der Waals surface area contributed by atoms with Crippen LogP contribution in [0.2, 0.25) is 10.0 Å². The van der Waals surface area contributed by atoms with Gasteiger partial charge < -0.3 is 5.32 Å². The molecule has 3 heteroatoms. The Balaban J connectivity index is 2.05. The lowest BCUT2D eigenvalue weighted by atomic mass is 9.95. The Morgan fingerprint density at radius 1 is 1.25 bits per heavy atom. The molecule has 2 unspecified atom stereocenters. The largest absolute Gasteiger partial charge is 0.317 e. The second-order valence-electron chi connectivity index (χ2n) is 4.54. The van der Waals surface area contributed by atoms with Gasteiger partial charge in [-0.1, -0.05) is 35.7 Å². The van der Waals surface area contributed by atoms with Crippen LogP contribution in [0.3, 0.4) is 0 Å². The molecule has 0 heterocycles. The van der Waals surface area contributed by atoms with Crippen LogP contribution in [0.1, 0.15) is 24.8 Å². The molecule has 88 valence electrons. The van der Waals surface area contributed by atoms with Gasteiger partial charge in [0, 0.05) is 6.04 Å². The summed E-state index contributed by atoms with van der Waals surface area (Å²) < 4.78 is 0. The molecule has 0 saturated heterocycles. The van der Waals surface area contributed by atoms with E-state index >= 15 is 0 Å². The van der Waals surface area contributed by atoms with Gasteiger partial charge in [-0.2, -0.15) is 0 Å². The van der Waals surface area contributed by atoms with E-state index in [9.17, 15) is 0 Å². The summed E-state index contributed by atoms with van der Waals surface area (Å²) >= 11 is 11.9. The average molecular weight is 258 g/mol. The topological polar surface area (TPSA) is 12.0 Å². The molecular formula is C13H17Cl2N. The van der Waals surface area contributed by atoms with E-state index in [1.165, 1.54) is 24.8 Å². The molecular weight excluding hydrogens is 241 g/mol. The van der Waals surface area contributed by atoms with Gasteiger partial charge in [0.05, 0.1) is 10.0 Å². The third-order valence-corrected chi connectivity index (χ3v) is 4.25. The second-order valence-corrected chi connectivity index (χ2v) is 5.35. The third-order valence-electron chi connectivity index (χ3n) is 3.51. The van der Waals surface area contributed by atoms with Crippen molar-refractivity contribution >= 4 is 23.2 Å². The quantitative estimate of drug-likeness (QED) is 0.866. The molecule has 1 fully saturated rings. The Morgan fingerprint density at radius 2 is 2.06 bits per heavy atom. The van der Waals surface area contributed by atoms with Gasteiger partial charge in [-0.05, 0) is 49.9 Å². The minimum absolute atomic E-state index is 0.641. The molecule has 2 rings (SSSR count). The molecule has 0 spiro atoms. The molecule has 1 N–H and O–H groups in total. The number of rotatable bonds is 3. The maximum Gasteiger partial charge on any atom is 0.0595 e. The summed E-state index contributed by atoms with van der Waals surface area (Å²) in [6.45, 7) is 0. The number of halogens is 2. The fourth-order valence-corrected chi connectivity index (χ4v) is 2.95. The van der Waals surface area contributed by atoms with E-state index in [4.69, 9.17) is 23.2 Å². The van der Waals surface area contributed by atoms with E-state index in [-0.39, 0.29) is 0 Å². The second kappa shape index (κ2) is 5.39. The fourth-order valence-electron chi connectivity index (χ4n) is 2.63. The Morgan fingerprint density at radius 3 is 2.75 bits per heavy atom. The maximum atomic E-state index is 6.02. The zero-order chi connectivity index (χ0) is 11.5. The van der Waals surface area contributed by atoms with Crippen molar-refractivity contribution in [3.63, 3.8) is 0 Å². The summed E-state index contributed by atoms with van der Waals surface area (Å²) in [6.07, 6.45) is 5.04. The van der Waals surface area contributed by atoms with E-state index < -0.39 is 0 Å². The molecule has 1 saturated carbocycles. The summed E-state index contributed by atoms with van der Waals surface area (Å²) in [5.41, 5.74) is 1.29. The monoisotopic (exact) mass is 257 g/mol. The highest BCUT2D eigenvalue weighted by Gasteiger charge is 2.25. The van der Waals surface area contributed by atoms with E-state index in [1.807, 2.05) is 12.1 Å². The summed E-state index contributed by atoms with van der Waals surface area (Å²) in [6, 6.07) is 6.63. The van der Waals surface area contributed by atoms with Crippen LogP contribution in [-0.2, 0) is 6.42 Å². The van der Waals surface area contributed by atoms with Gasteiger partial charge in [0.1, 0.15) is 0 Å². The molecule has 16 heavy (non-hydrogen) atoms. The normalized spacial score (nSPS) is 24.9. The van der Waals surface area contributed by atoms with Crippen LogP contribution in [0.15, 0.2) is 18.2 Å². The van der Waals surface area contributed by atoms with Gasteiger partial charge in [0.25, 0.3) is 0 Å². The van der Waals surface area contributed by atoms with Crippen molar-refractivity contribution in [2.75, 3.05) is 7.05 Å². The maximum absolute atomic E-state index is 6.02. The van der Waals surface area contributed by atoms with Crippen LogP contribution < -0.4 is 5.32 Å². The van der Waals surface area contributed by atoms with Gasteiger partial charge in [-0.3, -0.25) is 0 Å². The molecule has 2 atom stereocenters. The van der Waals surface area contributed by atoms with Crippen LogP contribution in [-0.4, -0.2) is 13.1 Å². The average Bonchev–Trinajstić information content (AvgIpc) is 2.71. The number of benzene rings is 1. The zero-order valence-corrected chi connectivity index (χ0v) is 11.0. The lowest BCUT2D eigenvalue weighted by Gasteiger charge is -2.19. The molecule has 1 aliphatic rings. The van der Waals surface area contributed by atoms with Gasteiger partial charge >= 0.3 is 0 Å². The van der Waals surface area contributed by atoms with Crippen molar-refractivity contribution in [3.8, 4) is 0 Å². The van der Waals surface area contributed by atoms with Crippen LogP contribution in [0.4, 0.5) is 0 Å². The number of hydrogen-bond donors (Lipinski definition) is 1. The summed E-state index contributed by atoms with van der Waals surface area (Å²) in [5.74, 6) is 0.738. The third kappa shape index (κ3) is 2.71. The highest BCUT2D eigenvalue weighted by atomic mass is 35.5. The smallest absolute Gasteiger partial charge is 0.0595 e. The van der Waals surface area contributed by atoms with E-state index in [1.54, 1.807) is 0 Å². The van der Waals surface area contributed by atoms with Crippen molar-refractivity contribution in [1.29, 1.82) is 0 Å². The van der Waals surface area contributed by atoms with E-state index in [0.29, 0.717) is 16.1 Å². The fraction of sp³-hybridized carbons (Fsp3) is 0.538. The Bertz CT molecular complexity index is 365. The lowest BCUT2D eigenvalue weighted by Crippen LogP contribution is -2.30. The first-order valence-corrected chi connectivity index (χ1v) is 6.57. The molecule has 0 aliphatic heterocycles. The van der Waals surface area contributed by atoms with Crippen LogP contribution in [0.25, 0.3) is 0 Å². The zero-order valence-electron chi connectivity index (χ0n) is 9.47. The Hall–Kier alpha value is -0.240. The molecule has 1 nitrogen and oxygen atoms in total.